The third kappa shape index (κ3) is 3.59. The number of benzene rings is 1. The number of hydrogen-bond acceptors (Lipinski definition) is 4. The van der Waals surface area contributed by atoms with Crippen LogP contribution in [-0.4, -0.2) is 45.0 Å². The number of imidazole rings is 1. The molecule has 5 rings (SSSR count). The van der Waals surface area contributed by atoms with Gasteiger partial charge in [-0.1, -0.05) is 31.0 Å². The van der Waals surface area contributed by atoms with Gasteiger partial charge in [-0.3, -0.25) is 4.79 Å². The van der Waals surface area contributed by atoms with Crippen molar-refractivity contribution in [3.8, 4) is 5.75 Å². The Bertz CT molecular complexity index is 995. The van der Waals surface area contributed by atoms with E-state index < -0.39 is 0 Å². The molecule has 1 aromatic carbocycles. The quantitative estimate of drug-likeness (QED) is 0.662. The number of pyridine rings is 1. The minimum Gasteiger partial charge on any atom is -0.484 e. The molecule has 150 valence electrons. The zero-order chi connectivity index (χ0) is 19.6. The zero-order valence-corrected chi connectivity index (χ0v) is 16.5. The van der Waals surface area contributed by atoms with Gasteiger partial charge < -0.3 is 14.2 Å². The molecular weight excluding hydrogens is 364 g/mol. The van der Waals surface area contributed by atoms with Crippen LogP contribution in [0, 0.1) is 0 Å². The molecule has 0 radical (unpaired) electrons. The van der Waals surface area contributed by atoms with Gasteiger partial charge in [0.05, 0.1) is 6.04 Å². The second kappa shape index (κ2) is 7.85. The van der Waals surface area contributed by atoms with Crippen LogP contribution in [0.15, 0.2) is 48.7 Å². The Labute approximate surface area is 170 Å². The number of likely N-dealkylation sites (tertiary alicyclic amines) is 1. The number of para-hydroxylation sites is 1. The van der Waals surface area contributed by atoms with E-state index in [0.29, 0.717) is 12.5 Å². The molecule has 1 aliphatic carbocycles. The summed E-state index contributed by atoms with van der Waals surface area (Å²) in [6.07, 6.45) is 7.71. The second-order valence-corrected chi connectivity index (χ2v) is 8.05. The van der Waals surface area contributed by atoms with Crippen LogP contribution in [-0.2, 0) is 4.79 Å². The molecule has 1 aliphatic heterocycles. The number of fused-ring (bicyclic) bond motifs is 1. The van der Waals surface area contributed by atoms with Gasteiger partial charge in [0.15, 0.2) is 12.3 Å². The molecule has 6 nitrogen and oxygen atoms in total. The van der Waals surface area contributed by atoms with Crippen molar-refractivity contribution in [1.82, 2.24) is 19.4 Å². The predicted octanol–water partition coefficient (Wildman–Crippen LogP) is 3.94. The van der Waals surface area contributed by atoms with Gasteiger partial charge in [-0.05, 0) is 43.5 Å². The first-order valence-corrected chi connectivity index (χ1v) is 10.6. The highest BCUT2D eigenvalue weighted by molar-refractivity contribution is 5.78. The monoisotopic (exact) mass is 390 g/mol. The van der Waals surface area contributed by atoms with Gasteiger partial charge in [-0.15, -0.1) is 0 Å². The van der Waals surface area contributed by atoms with Crippen molar-refractivity contribution in [1.29, 1.82) is 0 Å². The van der Waals surface area contributed by atoms with Crippen molar-refractivity contribution in [2.24, 2.45) is 0 Å². The molecule has 6 heteroatoms. The molecule has 2 aliphatic rings. The number of hydrogen-bond donors (Lipinski definition) is 0. The molecule has 2 fully saturated rings. The van der Waals surface area contributed by atoms with Gasteiger partial charge in [-0.25, -0.2) is 9.97 Å². The summed E-state index contributed by atoms with van der Waals surface area (Å²) in [5.74, 6) is 2.44. The third-order valence-corrected chi connectivity index (χ3v) is 6.18. The number of amides is 1. The number of ether oxygens (including phenoxy) is 1. The number of aromatic nitrogens is 3. The summed E-state index contributed by atoms with van der Waals surface area (Å²) >= 11 is 0. The maximum Gasteiger partial charge on any atom is 0.260 e. The van der Waals surface area contributed by atoms with Crippen molar-refractivity contribution >= 4 is 17.1 Å². The predicted molar refractivity (Wildman–Crippen MR) is 111 cm³/mol. The Morgan fingerprint density at radius 3 is 2.72 bits per heavy atom. The highest BCUT2D eigenvalue weighted by Gasteiger charge is 2.33. The van der Waals surface area contributed by atoms with Gasteiger partial charge in [0.1, 0.15) is 17.1 Å². The molecule has 1 saturated carbocycles. The fourth-order valence-corrected chi connectivity index (χ4v) is 4.71. The molecule has 0 unspecified atom stereocenters. The summed E-state index contributed by atoms with van der Waals surface area (Å²) in [6, 6.07) is 13.7. The average molecular weight is 390 g/mol. The molecule has 0 spiro atoms. The lowest BCUT2D eigenvalue weighted by molar-refractivity contribution is -0.132. The Hall–Kier alpha value is -2.89. The molecule has 0 bridgehead atoms. The Morgan fingerprint density at radius 2 is 1.90 bits per heavy atom. The fraction of sp³-hybridized carbons (Fsp3) is 0.435. The Balaban J connectivity index is 1.33. The van der Waals surface area contributed by atoms with Crippen LogP contribution in [0.5, 0.6) is 5.75 Å². The molecule has 1 amide bonds. The van der Waals surface area contributed by atoms with E-state index >= 15 is 0 Å². The van der Waals surface area contributed by atoms with Crippen LogP contribution in [0.1, 0.15) is 49.9 Å². The highest BCUT2D eigenvalue weighted by atomic mass is 16.5. The van der Waals surface area contributed by atoms with Crippen LogP contribution < -0.4 is 4.74 Å². The maximum atomic E-state index is 12.7. The van der Waals surface area contributed by atoms with Crippen LogP contribution in [0.4, 0.5) is 0 Å². The lowest BCUT2D eigenvalue weighted by Gasteiger charge is -2.20. The molecule has 0 N–H and O–H groups in total. The van der Waals surface area contributed by atoms with Gasteiger partial charge >= 0.3 is 0 Å². The SMILES string of the molecule is O=C(COc1ccccc1)N1CC[C@@H](n2c(C3CCCC3)nc3cccnc32)C1. The van der Waals surface area contributed by atoms with Crippen LogP contribution >= 0.6 is 0 Å². The van der Waals surface area contributed by atoms with Crippen molar-refractivity contribution in [3.05, 3.63) is 54.5 Å². The normalized spacial score (nSPS) is 19.9. The summed E-state index contributed by atoms with van der Waals surface area (Å²) in [5, 5.41) is 0. The van der Waals surface area contributed by atoms with Crippen LogP contribution in [0.25, 0.3) is 11.2 Å². The number of rotatable bonds is 5. The maximum absolute atomic E-state index is 12.7. The third-order valence-electron chi connectivity index (χ3n) is 6.18. The van der Waals surface area contributed by atoms with Crippen molar-refractivity contribution in [2.45, 2.75) is 44.1 Å². The largest absolute Gasteiger partial charge is 0.484 e. The Morgan fingerprint density at radius 1 is 1.07 bits per heavy atom. The molecule has 29 heavy (non-hydrogen) atoms. The van der Waals surface area contributed by atoms with Crippen molar-refractivity contribution < 1.29 is 9.53 Å². The highest BCUT2D eigenvalue weighted by Crippen LogP contribution is 2.37. The molecule has 1 atom stereocenters. The fourth-order valence-electron chi connectivity index (χ4n) is 4.71. The summed E-state index contributed by atoms with van der Waals surface area (Å²) < 4.78 is 7.99. The molecule has 2 aromatic heterocycles. The minimum absolute atomic E-state index is 0.0381. The zero-order valence-electron chi connectivity index (χ0n) is 16.5. The van der Waals surface area contributed by atoms with Gasteiger partial charge in [-0.2, -0.15) is 0 Å². The lowest BCUT2D eigenvalue weighted by Crippen LogP contribution is -2.33. The van der Waals surface area contributed by atoms with E-state index in [4.69, 9.17) is 9.72 Å². The molecule has 1 saturated heterocycles. The summed E-state index contributed by atoms with van der Waals surface area (Å²) in [5.41, 5.74) is 1.92. The number of nitrogens with zero attached hydrogens (tertiary/aromatic N) is 4. The van der Waals surface area contributed by atoms with E-state index in [1.54, 1.807) is 0 Å². The van der Waals surface area contributed by atoms with E-state index in [1.807, 2.05) is 53.6 Å². The first-order chi connectivity index (χ1) is 14.3. The van der Waals surface area contributed by atoms with Crippen LogP contribution in [0.2, 0.25) is 0 Å². The van der Waals surface area contributed by atoms with Gasteiger partial charge in [0, 0.05) is 25.2 Å². The molecular formula is C23H26N4O2. The van der Waals surface area contributed by atoms with Gasteiger partial charge in [0.2, 0.25) is 0 Å². The van der Waals surface area contributed by atoms with Gasteiger partial charge in [0.25, 0.3) is 5.91 Å². The van der Waals surface area contributed by atoms with Crippen molar-refractivity contribution in [3.63, 3.8) is 0 Å². The average Bonchev–Trinajstić information content (AvgIpc) is 3.51. The molecule has 3 heterocycles. The van der Waals surface area contributed by atoms with E-state index in [1.165, 1.54) is 25.7 Å². The smallest absolute Gasteiger partial charge is 0.260 e. The topological polar surface area (TPSA) is 60.2 Å². The summed E-state index contributed by atoms with van der Waals surface area (Å²) in [7, 11) is 0. The van der Waals surface area contributed by atoms with Crippen LogP contribution in [0.3, 0.4) is 0 Å². The standard InChI is InChI=1S/C23H26N4O2/c28-21(16-29-19-9-2-1-3-10-19)26-14-12-18(15-26)27-22(17-7-4-5-8-17)25-20-11-6-13-24-23(20)27/h1-3,6,9-11,13,17-18H,4-5,7-8,12,14-16H2/t18-/m1/s1. The van der Waals surface area contributed by atoms with Crippen molar-refractivity contribution in [2.75, 3.05) is 19.7 Å². The number of carbonyl (C=O) groups excluding carboxylic acids is 1. The number of carbonyl (C=O) groups is 1. The van der Waals surface area contributed by atoms with E-state index in [2.05, 4.69) is 9.55 Å². The summed E-state index contributed by atoms with van der Waals surface area (Å²) in [6.45, 7) is 1.52. The minimum atomic E-state index is 0.0381. The summed E-state index contributed by atoms with van der Waals surface area (Å²) in [4.78, 5) is 24.2. The van der Waals surface area contributed by atoms with E-state index in [-0.39, 0.29) is 18.6 Å². The first kappa shape index (κ1) is 18.2. The van der Waals surface area contributed by atoms with E-state index in [0.717, 1.165) is 35.7 Å². The lowest BCUT2D eigenvalue weighted by atomic mass is 10.1. The second-order valence-electron chi connectivity index (χ2n) is 8.05. The van der Waals surface area contributed by atoms with E-state index in [9.17, 15) is 4.79 Å². The Kier molecular flexibility index (Phi) is 4.92. The molecule has 3 aromatic rings. The first-order valence-electron chi connectivity index (χ1n) is 10.6.